The maximum atomic E-state index is 15.0. The molecule has 3 atom stereocenters. The second-order valence-electron chi connectivity index (χ2n) is 11.2. The summed E-state index contributed by atoms with van der Waals surface area (Å²) in [6, 6.07) is 5.24. The normalized spacial score (nSPS) is 25.0. The van der Waals surface area contributed by atoms with Gasteiger partial charge in [0, 0.05) is 31.6 Å². The Kier molecular flexibility index (Phi) is 7.37. The number of hydrogen-bond donors (Lipinski definition) is 0. The number of piperazine rings is 1. The molecule has 0 spiro atoms. The molecule has 43 heavy (non-hydrogen) atoms. The number of rotatable bonds is 4. The molecule has 234 valence electrons. The summed E-state index contributed by atoms with van der Waals surface area (Å²) in [4.78, 5) is 28.4. The molecule has 2 fully saturated rings. The van der Waals surface area contributed by atoms with Crippen LogP contribution in [0.5, 0.6) is 0 Å². The molecule has 3 aliphatic rings. The Bertz CT molecular complexity index is 1540. The minimum absolute atomic E-state index is 0.0101. The van der Waals surface area contributed by atoms with E-state index in [0.29, 0.717) is 12.1 Å². The minimum Gasteiger partial charge on any atom is -0.342 e. The minimum atomic E-state index is -6.36. The number of nitrogens with zero attached hydrogens (tertiary/aromatic N) is 2. The van der Waals surface area contributed by atoms with Crippen LogP contribution in [0.1, 0.15) is 36.0 Å². The molecule has 0 N–H and O–H groups in total. The van der Waals surface area contributed by atoms with Gasteiger partial charge in [-0.05, 0) is 67.0 Å². The molecule has 2 amide bonds. The fraction of sp³-hybridized carbons (Fsp3) is 0.500. The third kappa shape index (κ3) is 4.60. The summed E-state index contributed by atoms with van der Waals surface area (Å²) >= 11 is 0. The molecule has 5 rings (SSSR count). The summed E-state index contributed by atoms with van der Waals surface area (Å²) in [5.74, 6) is -3.49. The molecule has 2 aliphatic carbocycles. The van der Waals surface area contributed by atoms with Crippen molar-refractivity contribution in [3.63, 3.8) is 0 Å². The molecule has 0 unspecified atom stereocenters. The van der Waals surface area contributed by atoms with Crippen molar-refractivity contribution < 1.29 is 53.1 Å². The average molecular weight is 639 g/mol. The predicted molar refractivity (Wildman–Crippen MR) is 135 cm³/mol. The molecule has 1 saturated carbocycles. The van der Waals surface area contributed by atoms with E-state index in [2.05, 4.69) is 0 Å². The Hall–Kier alpha value is -3.23. The zero-order valence-corrected chi connectivity index (χ0v) is 23.4. The number of sulfone groups is 1. The lowest BCUT2D eigenvalue weighted by Gasteiger charge is -2.43. The second-order valence-corrected chi connectivity index (χ2v) is 13.4. The van der Waals surface area contributed by atoms with Gasteiger partial charge in [-0.3, -0.25) is 9.59 Å². The van der Waals surface area contributed by atoms with E-state index in [4.69, 9.17) is 0 Å². The largest absolute Gasteiger partial charge is 0.435 e. The smallest absolute Gasteiger partial charge is 0.342 e. The Morgan fingerprint density at radius 1 is 0.930 bits per heavy atom. The third-order valence-corrected chi connectivity index (χ3v) is 11.6. The van der Waals surface area contributed by atoms with Gasteiger partial charge in [-0.2, -0.15) is 26.3 Å². The number of aryl methyl sites for hydroxylation is 1. The number of fused-ring (bicyclic) bond motifs is 3. The molecule has 6 nitrogen and oxygen atoms in total. The molecule has 15 heteroatoms. The zero-order chi connectivity index (χ0) is 31.8. The standard InChI is InChI=1S/C28H26F8N2O4S/c1-37-12-13-38(15-23(37)39)24(40)20-10-11-25(43(41,42)19-6-4-18(29)5-7-19)21-9-3-17(14-16(21)2-8-22(20)25)26(30,27(31,32)33)28(34,35)36/h3-7,9,14,20,22H,2,8,10-13,15H2,1H3/t20-,22+,25-/m1/s1. The molecular weight excluding hydrogens is 612 g/mol. The fourth-order valence-electron chi connectivity index (χ4n) is 6.86. The molecule has 0 aromatic heterocycles. The SMILES string of the molecule is CN1CCN(C(=O)[C@@H]2CC[C@@]3(S(=O)(=O)c4ccc(F)cc4)c4ccc(C(F)(C(F)(F)F)C(F)(F)F)cc4CC[C@@H]23)CC1=O. The number of likely N-dealkylation sites (N-methyl/N-ethyl adjacent to an activating group) is 1. The number of alkyl halides is 7. The zero-order valence-electron chi connectivity index (χ0n) is 22.6. The molecule has 1 aliphatic heterocycles. The lowest BCUT2D eigenvalue weighted by molar-refractivity contribution is -0.348. The maximum absolute atomic E-state index is 15.0. The lowest BCUT2D eigenvalue weighted by Crippen LogP contribution is -2.54. The van der Waals surface area contributed by atoms with Gasteiger partial charge >= 0.3 is 18.0 Å². The second kappa shape index (κ2) is 10.2. The first-order valence-corrected chi connectivity index (χ1v) is 14.8. The van der Waals surface area contributed by atoms with Crippen molar-refractivity contribution >= 4 is 21.7 Å². The number of hydrogen-bond acceptors (Lipinski definition) is 4. The Morgan fingerprint density at radius 3 is 2.14 bits per heavy atom. The predicted octanol–water partition coefficient (Wildman–Crippen LogP) is 5.06. The Morgan fingerprint density at radius 2 is 1.56 bits per heavy atom. The number of carbonyl (C=O) groups is 2. The van der Waals surface area contributed by atoms with Crippen molar-refractivity contribution in [1.82, 2.24) is 9.80 Å². The summed E-state index contributed by atoms with van der Waals surface area (Å²) in [7, 11) is -3.00. The molecule has 1 heterocycles. The number of amides is 2. The first-order valence-electron chi connectivity index (χ1n) is 13.4. The van der Waals surface area contributed by atoms with Crippen LogP contribution in [-0.4, -0.2) is 69.1 Å². The lowest BCUT2D eigenvalue weighted by atomic mass is 9.72. The van der Waals surface area contributed by atoms with Gasteiger partial charge in [0.05, 0.1) is 11.4 Å². The van der Waals surface area contributed by atoms with E-state index in [1.807, 2.05) is 0 Å². The van der Waals surface area contributed by atoms with Crippen LogP contribution >= 0.6 is 0 Å². The number of halogens is 8. The maximum Gasteiger partial charge on any atom is 0.435 e. The van der Waals surface area contributed by atoms with Gasteiger partial charge in [0.2, 0.25) is 11.8 Å². The number of benzene rings is 2. The quantitative estimate of drug-likeness (QED) is 0.347. The third-order valence-electron chi connectivity index (χ3n) is 9.07. The topological polar surface area (TPSA) is 74.8 Å². The summed E-state index contributed by atoms with van der Waals surface area (Å²) in [5.41, 5.74) is -7.80. The van der Waals surface area contributed by atoms with Gasteiger partial charge in [0.25, 0.3) is 0 Å². The molecular formula is C28H26F8N2O4S. The highest BCUT2D eigenvalue weighted by Gasteiger charge is 2.74. The molecule has 1 saturated heterocycles. The fourth-order valence-corrected chi connectivity index (χ4v) is 9.33. The van der Waals surface area contributed by atoms with Crippen LogP contribution in [-0.2, 0) is 36.3 Å². The van der Waals surface area contributed by atoms with Crippen LogP contribution < -0.4 is 0 Å². The highest BCUT2D eigenvalue weighted by atomic mass is 32.2. The Labute approximate surface area is 241 Å². The first kappa shape index (κ1) is 31.2. The van der Waals surface area contributed by atoms with Crippen molar-refractivity contribution in [2.45, 2.75) is 53.3 Å². The van der Waals surface area contributed by atoms with Gasteiger partial charge in [-0.15, -0.1) is 0 Å². The van der Waals surface area contributed by atoms with Crippen LogP contribution in [0.25, 0.3) is 0 Å². The van der Waals surface area contributed by atoms with Gasteiger partial charge in [0.1, 0.15) is 10.6 Å². The van der Waals surface area contributed by atoms with E-state index in [0.717, 1.165) is 30.3 Å². The summed E-state index contributed by atoms with van der Waals surface area (Å²) in [5, 5.41) is 0. The molecule has 0 bridgehead atoms. The van der Waals surface area contributed by atoms with E-state index < -0.39 is 61.7 Å². The van der Waals surface area contributed by atoms with E-state index in [1.165, 1.54) is 9.80 Å². The van der Waals surface area contributed by atoms with E-state index >= 15 is 0 Å². The summed E-state index contributed by atoms with van der Waals surface area (Å²) < 4.78 is 137. The van der Waals surface area contributed by atoms with Crippen LogP contribution in [0.4, 0.5) is 35.1 Å². The van der Waals surface area contributed by atoms with Crippen molar-refractivity contribution in [3.8, 4) is 0 Å². The van der Waals surface area contributed by atoms with Crippen molar-refractivity contribution in [2.24, 2.45) is 11.8 Å². The van der Waals surface area contributed by atoms with E-state index in [9.17, 15) is 53.1 Å². The Balaban J connectivity index is 1.66. The van der Waals surface area contributed by atoms with Gasteiger partial charge in [0.15, 0.2) is 9.84 Å². The van der Waals surface area contributed by atoms with Gasteiger partial charge < -0.3 is 9.80 Å². The van der Waals surface area contributed by atoms with Crippen LogP contribution in [0.3, 0.4) is 0 Å². The van der Waals surface area contributed by atoms with Crippen LogP contribution in [0.15, 0.2) is 47.4 Å². The van der Waals surface area contributed by atoms with E-state index in [1.54, 1.807) is 7.05 Å². The average Bonchev–Trinajstić information content (AvgIpc) is 3.34. The molecule has 2 aromatic rings. The highest BCUT2D eigenvalue weighted by Crippen LogP contribution is 2.61. The highest BCUT2D eigenvalue weighted by molar-refractivity contribution is 7.92. The molecule has 2 aromatic carbocycles. The van der Waals surface area contributed by atoms with Crippen LogP contribution in [0.2, 0.25) is 0 Å². The van der Waals surface area contributed by atoms with Gasteiger partial charge in [-0.1, -0.05) is 18.2 Å². The summed E-state index contributed by atoms with van der Waals surface area (Å²) in [6.45, 7) is 0.203. The monoisotopic (exact) mass is 638 g/mol. The summed E-state index contributed by atoms with van der Waals surface area (Å²) in [6.07, 6.45) is -13.3. The van der Waals surface area contributed by atoms with Crippen molar-refractivity contribution in [1.29, 1.82) is 0 Å². The van der Waals surface area contributed by atoms with Crippen LogP contribution in [0, 0.1) is 17.7 Å². The first-order chi connectivity index (χ1) is 19.9. The number of carbonyl (C=O) groups excluding carboxylic acids is 2. The van der Waals surface area contributed by atoms with Crippen molar-refractivity contribution in [3.05, 3.63) is 65.0 Å². The van der Waals surface area contributed by atoms with Gasteiger partial charge in [-0.25, -0.2) is 17.2 Å². The van der Waals surface area contributed by atoms with E-state index in [-0.39, 0.29) is 67.2 Å². The van der Waals surface area contributed by atoms with Crippen molar-refractivity contribution in [2.75, 3.05) is 26.7 Å². The molecule has 0 radical (unpaired) electrons.